The Balaban J connectivity index is 1.80. The molecule has 0 fully saturated rings. The smallest absolute Gasteiger partial charge is 0.248 e. The number of hydrogen-bond donors (Lipinski definition) is 5. The van der Waals surface area contributed by atoms with Gasteiger partial charge in [0.15, 0.2) is 11.6 Å². The number of carbonyl (C=O) groups is 1. The Bertz CT molecular complexity index is 1470. The fourth-order valence-electron chi connectivity index (χ4n) is 4.04. The normalized spacial score (nSPS) is 11.7. The van der Waals surface area contributed by atoms with Gasteiger partial charge in [-0.3, -0.25) is 10.2 Å². The Labute approximate surface area is 225 Å². The molecule has 9 nitrogen and oxygen atoms in total. The van der Waals surface area contributed by atoms with Gasteiger partial charge in [-0.1, -0.05) is 12.1 Å². The third-order valence-corrected chi connectivity index (χ3v) is 5.87. The minimum atomic E-state index is -0.776. The van der Waals surface area contributed by atoms with Crippen molar-refractivity contribution in [2.75, 3.05) is 11.9 Å². The van der Waals surface area contributed by atoms with Crippen LogP contribution in [-0.4, -0.2) is 34.4 Å². The first-order valence-corrected chi connectivity index (χ1v) is 12.5. The SMILES string of the molecule is CCOc1cc(OC(C)C)c(F)c(C(Nc2ccc(C(=N)N)cc2)c2nc(-c3ccc(C(N)=O)cc3)c[nH]2)c1. The Kier molecular flexibility index (Phi) is 8.14. The van der Waals surface area contributed by atoms with Crippen LogP contribution in [0.15, 0.2) is 66.9 Å². The highest BCUT2D eigenvalue weighted by molar-refractivity contribution is 5.95. The minimum absolute atomic E-state index is 0.0536. The lowest BCUT2D eigenvalue weighted by Crippen LogP contribution is -2.18. The number of amides is 1. The summed E-state index contributed by atoms with van der Waals surface area (Å²) in [4.78, 5) is 19.4. The molecule has 0 radical (unpaired) electrons. The van der Waals surface area contributed by atoms with Gasteiger partial charge in [-0.05, 0) is 63.2 Å². The largest absolute Gasteiger partial charge is 0.494 e. The maximum Gasteiger partial charge on any atom is 0.248 e. The topological polar surface area (TPSA) is 152 Å². The molecular weight excluding hydrogens is 499 g/mol. The molecule has 0 saturated carbocycles. The van der Waals surface area contributed by atoms with E-state index in [1.807, 2.05) is 20.8 Å². The third-order valence-electron chi connectivity index (χ3n) is 5.87. The molecule has 1 heterocycles. The van der Waals surface area contributed by atoms with Crippen LogP contribution in [-0.2, 0) is 0 Å². The molecule has 4 rings (SSSR count). The second kappa shape index (κ2) is 11.7. The molecule has 0 aliphatic heterocycles. The van der Waals surface area contributed by atoms with Crippen LogP contribution >= 0.6 is 0 Å². The summed E-state index contributed by atoms with van der Waals surface area (Å²) in [6, 6.07) is 16.0. The van der Waals surface area contributed by atoms with E-state index in [4.69, 9.17) is 31.3 Å². The van der Waals surface area contributed by atoms with E-state index in [1.165, 1.54) is 6.07 Å². The van der Waals surface area contributed by atoms with Crippen molar-refractivity contribution in [2.45, 2.75) is 32.9 Å². The molecule has 4 aromatic rings. The van der Waals surface area contributed by atoms with Crippen LogP contribution in [0.2, 0.25) is 0 Å². The van der Waals surface area contributed by atoms with E-state index in [0.717, 1.165) is 5.56 Å². The lowest BCUT2D eigenvalue weighted by Gasteiger charge is -2.22. The van der Waals surface area contributed by atoms with Crippen LogP contribution in [0.5, 0.6) is 11.5 Å². The van der Waals surface area contributed by atoms with Crippen LogP contribution in [0.1, 0.15) is 54.1 Å². The average molecular weight is 531 g/mol. The second-order valence-electron chi connectivity index (χ2n) is 9.11. The number of aromatic nitrogens is 2. The van der Waals surface area contributed by atoms with Crippen molar-refractivity contribution in [3.05, 3.63) is 95.2 Å². The van der Waals surface area contributed by atoms with Gasteiger partial charge in [0, 0.05) is 40.2 Å². The fourth-order valence-corrected chi connectivity index (χ4v) is 4.04. The summed E-state index contributed by atoms with van der Waals surface area (Å²) in [7, 11) is 0. The van der Waals surface area contributed by atoms with Crippen molar-refractivity contribution in [3.63, 3.8) is 0 Å². The minimum Gasteiger partial charge on any atom is -0.494 e. The third kappa shape index (κ3) is 6.35. The molecule has 0 aliphatic carbocycles. The van der Waals surface area contributed by atoms with Crippen molar-refractivity contribution in [1.82, 2.24) is 9.97 Å². The summed E-state index contributed by atoms with van der Waals surface area (Å²) in [5.41, 5.74) is 14.2. The number of nitrogens with two attached hydrogens (primary N) is 2. The van der Waals surface area contributed by atoms with Gasteiger partial charge in [-0.25, -0.2) is 9.37 Å². The van der Waals surface area contributed by atoms with Gasteiger partial charge in [-0.2, -0.15) is 0 Å². The number of amidine groups is 1. The van der Waals surface area contributed by atoms with Crippen molar-refractivity contribution < 1.29 is 18.7 Å². The summed E-state index contributed by atoms with van der Waals surface area (Å²) < 4.78 is 27.5. The number of imidazole rings is 1. The predicted molar refractivity (Wildman–Crippen MR) is 149 cm³/mol. The molecule has 0 spiro atoms. The number of H-pyrrole nitrogens is 1. The van der Waals surface area contributed by atoms with Crippen molar-refractivity contribution in [2.24, 2.45) is 11.5 Å². The molecule has 1 amide bonds. The van der Waals surface area contributed by atoms with Crippen LogP contribution in [0, 0.1) is 11.2 Å². The van der Waals surface area contributed by atoms with E-state index in [1.54, 1.807) is 60.8 Å². The Morgan fingerprint density at radius 1 is 1.08 bits per heavy atom. The predicted octanol–water partition coefficient (Wildman–Crippen LogP) is 4.99. The number of hydrogen-bond acceptors (Lipinski definition) is 6. The van der Waals surface area contributed by atoms with Gasteiger partial charge in [0.05, 0.1) is 18.4 Å². The van der Waals surface area contributed by atoms with E-state index in [2.05, 4.69) is 10.3 Å². The van der Waals surface area contributed by atoms with Gasteiger partial charge in [0.25, 0.3) is 0 Å². The van der Waals surface area contributed by atoms with E-state index in [-0.39, 0.29) is 23.3 Å². The number of halogens is 1. The number of ether oxygens (including phenoxy) is 2. The Morgan fingerprint density at radius 2 is 1.74 bits per heavy atom. The molecule has 1 unspecified atom stereocenters. The zero-order valence-corrected chi connectivity index (χ0v) is 21.9. The first-order valence-electron chi connectivity index (χ1n) is 12.5. The number of nitrogens with zero attached hydrogens (tertiary/aromatic N) is 1. The highest BCUT2D eigenvalue weighted by Crippen LogP contribution is 2.36. The standard InChI is InChI=1S/C29H31FN6O3/c1-4-38-21-13-22(25(30)24(14-21)39-16(2)3)26(35-20-11-9-18(10-12-20)27(31)32)29-34-15-23(36-29)17-5-7-19(8-6-17)28(33)37/h5-16,26,35H,4H2,1-3H3,(H3,31,32)(H2,33,37)(H,34,36). The number of benzene rings is 3. The molecular formula is C29H31FN6O3. The van der Waals surface area contributed by atoms with Gasteiger partial charge >= 0.3 is 0 Å². The molecule has 7 N–H and O–H groups in total. The lowest BCUT2D eigenvalue weighted by atomic mass is 10.0. The highest BCUT2D eigenvalue weighted by atomic mass is 19.1. The molecule has 1 aromatic heterocycles. The summed E-state index contributed by atoms with van der Waals surface area (Å²) in [5, 5.41) is 11.0. The molecule has 10 heteroatoms. The van der Waals surface area contributed by atoms with Crippen molar-refractivity contribution >= 4 is 17.4 Å². The van der Waals surface area contributed by atoms with Gasteiger partial charge in [0.1, 0.15) is 23.5 Å². The molecule has 0 aliphatic rings. The molecule has 3 aromatic carbocycles. The van der Waals surface area contributed by atoms with E-state index >= 15 is 4.39 Å². The van der Waals surface area contributed by atoms with Crippen molar-refractivity contribution in [3.8, 4) is 22.8 Å². The van der Waals surface area contributed by atoms with Crippen LogP contribution in [0.3, 0.4) is 0 Å². The number of aromatic amines is 1. The first kappa shape index (κ1) is 27.2. The highest BCUT2D eigenvalue weighted by Gasteiger charge is 2.26. The quantitative estimate of drug-likeness (QED) is 0.136. The number of nitrogen functional groups attached to an aromatic ring is 1. The van der Waals surface area contributed by atoms with E-state index in [0.29, 0.717) is 40.7 Å². The molecule has 39 heavy (non-hydrogen) atoms. The number of carbonyl (C=O) groups excluding carboxylic acids is 1. The van der Waals surface area contributed by atoms with Crippen molar-refractivity contribution in [1.29, 1.82) is 5.41 Å². The van der Waals surface area contributed by atoms with E-state index in [9.17, 15) is 4.79 Å². The number of rotatable bonds is 11. The molecule has 1 atom stereocenters. The van der Waals surface area contributed by atoms with Crippen LogP contribution in [0.4, 0.5) is 10.1 Å². The summed E-state index contributed by atoms with van der Waals surface area (Å²) >= 11 is 0. The zero-order chi connectivity index (χ0) is 28.1. The maximum atomic E-state index is 16.0. The maximum absolute atomic E-state index is 16.0. The molecule has 0 bridgehead atoms. The molecule has 0 saturated heterocycles. The van der Waals surface area contributed by atoms with Gasteiger partial charge in [-0.15, -0.1) is 0 Å². The van der Waals surface area contributed by atoms with Gasteiger partial charge in [0.2, 0.25) is 5.91 Å². The molecule has 202 valence electrons. The number of anilines is 1. The summed E-state index contributed by atoms with van der Waals surface area (Å²) in [5.74, 6) is -0.164. The Morgan fingerprint density at radius 3 is 2.33 bits per heavy atom. The lowest BCUT2D eigenvalue weighted by molar-refractivity contribution is 0.100. The first-order chi connectivity index (χ1) is 18.7. The summed E-state index contributed by atoms with van der Waals surface area (Å²) in [6.07, 6.45) is 1.45. The Hall–Kier alpha value is -4.86. The average Bonchev–Trinajstić information content (AvgIpc) is 3.39. The fraction of sp³-hybridized carbons (Fsp3) is 0.207. The number of primary amides is 1. The second-order valence-corrected chi connectivity index (χ2v) is 9.11. The van der Waals surface area contributed by atoms with Crippen LogP contribution in [0.25, 0.3) is 11.3 Å². The van der Waals surface area contributed by atoms with Crippen LogP contribution < -0.4 is 26.3 Å². The van der Waals surface area contributed by atoms with E-state index < -0.39 is 17.8 Å². The monoisotopic (exact) mass is 530 g/mol. The summed E-state index contributed by atoms with van der Waals surface area (Å²) in [6.45, 7) is 5.88. The van der Waals surface area contributed by atoms with Gasteiger partial charge < -0.3 is 31.2 Å². The zero-order valence-electron chi connectivity index (χ0n) is 21.9. The number of nitrogens with one attached hydrogen (secondary N) is 3.